The van der Waals surface area contributed by atoms with Crippen molar-refractivity contribution >= 4 is 11.9 Å². The summed E-state index contributed by atoms with van der Waals surface area (Å²) in [6.07, 6.45) is 7.49. The van der Waals surface area contributed by atoms with Crippen LogP contribution in [0.4, 0.5) is 0 Å². The summed E-state index contributed by atoms with van der Waals surface area (Å²) in [5.41, 5.74) is 5.80. The predicted octanol–water partition coefficient (Wildman–Crippen LogP) is 7.42. The van der Waals surface area contributed by atoms with E-state index in [1.54, 1.807) is 24.3 Å². The molecule has 3 aromatic rings. The molecule has 0 saturated heterocycles. The summed E-state index contributed by atoms with van der Waals surface area (Å²) in [4.78, 5) is 24.3. The lowest BCUT2D eigenvalue weighted by Crippen LogP contribution is -2.07. The summed E-state index contributed by atoms with van der Waals surface area (Å²) < 4.78 is 0. The number of carbonyl (C=O) groups is 2. The minimum absolute atomic E-state index is 0.233. The van der Waals surface area contributed by atoms with Crippen molar-refractivity contribution in [2.24, 2.45) is 0 Å². The first-order chi connectivity index (χ1) is 16.0. The normalized spacial score (nSPS) is 13.8. The second-order valence-electron chi connectivity index (χ2n) is 8.89. The van der Waals surface area contributed by atoms with Crippen LogP contribution >= 0.6 is 0 Å². The molecule has 0 aromatic heterocycles. The van der Waals surface area contributed by atoms with E-state index < -0.39 is 11.9 Å². The third-order valence-electron chi connectivity index (χ3n) is 6.72. The van der Waals surface area contributed by atoms with Crippen LogP contribution in [-0.4, -0.2) is 22.2 Å². The Morgan fingerprint density at radius 1 is 0.818 bits per heavy atom. The van der Waals surface area contributed by atoms with Gasteiger partial charge in [0.2, 0.25) is 0 Å². The molecule has 1 fully saturated rings. The highest BCUT2D eigenvalue weighted by atomic mass is 16.4. The van der Waals surface area contributed by atoms with Crippen LogP contribution in [0.3, 0.4) is 0 Å². The Balaban J connectivity index is 2.08. The van der Waals surface area contributed by atoms with Gasteiger partial charge in [-0.2, -0.15) is 0 Å². The number of aromatic carboxylic acids is 2. The van der Waals surface area contributed by atoms with Gasteiger partial charge in [0.25, 0.3) is 0 Å². The Kier molecular flexibility index (Phi) is 6.93. The molecule has 0 aliphatic heterocycles. The van der Waals surface area contributed by atoms with Crippen molar-refractivity contribution in [3.8, 4) is 22.3 Å². The molecule has 170 valence electrons. The van der Waals surface area contributed by atoms with E-state index in [0.717, 1.165) is 61.6 Å². The third kappa shape index (κ3) is 4.70. The maximum atomic E-state index is 12.2. The van der Waals surface area contributed by atoms with Crippen LogP contribution in [0, 0.1) is 0 Å². The van der Waals surface area contributed by atoms with Gasteiger partial charge in [-0.15, -0.1) is 0 Å². The number of hydrogen-bond donors (Lipinski definition) is 2. The van der Waals surface area contributed by atoms with E-state index in [9.17, 15) is 19.8 Å². The van der Waals surface area contributed by atoms with Crippen molar-refractivity contribution in [3.63, 3.8) is 0 Å². The molecule has 1 saturated carbocycles. The molecule has 0 spiro atoms. The Labute approximate surface area is 194 Å². The van der Waals surface area contributed by atoms with Crippen LogP contribution in [0.25, 0.3) is 22.3 Å². The molecule has 0 unspecified atom stereocenters. The van der Waals surface area contributed by atoms with Crippen LogP contribution in [0.2, 0.25) is 0 Å². The van der Waals surface area contributed by atoms with Gasteiger partial charge in [-0.1, -0.05) is 74.7 Å². The van der Waals surface area contributed by atoms with Crippen LogP contribution in [0.5, 0.6) is 0 Å². The lowest BCUT2D eigenvalue weighted by atomic mass is 9.80. The quantitative estimate of drug-likeness (QED) is 0.381. The van der Waals surface area contributed by atoms with Gasteiger partial charge in [-0.25, -0.2) is 9.59 Å². The minimum Gasteiger partial charge on any atom is -0.478 e. The molecule has 3 aromatic carbocycles. The average molecular weight is 443 g/mol. The van der Waals surface area contributed by atoms with Gasteiger partial charge in [0.15, 0.2) is 0 Å². The van der Waals surface area contributed by atoms with Gasteiger partial charge in [-0.05, 0) is 77.1 Å². The fourth-order valence-electron chi connectivity index (χ4n) is 5.12. The van der Waals surface area contributed by atoms with Crippen LogP contribution in [0.15, 0.2) is 60.7 Å². The summed E-state index contributed by atoms with van der Waals surface area (Å²) in [5, 5.41) is 19.9. The van der Waals surface area contributed by atoms with E-state index in [-0.39, 0.29) is 11.1 Å². The van der Waals surface area contributed by atoms with E-state index in [1.165, 1.54) is 5.56 Å². The summed E-state index contributed by atoms with van der Waals surface area (Å²) in [5.74, 6) is -1.61. The zero-order valence-corrected chi connectivity index (χ0v) is 19.0. The molecular formula is C29H30O4. The molecule has 4 heteroatoms. The fourth-order valence-corrected chi connectivity index (χ4v) is 5.12. The monoisotopic (exact) mass is 442 g/mol. The van der Waals surface area contributed by atoms with Crippen LogP contribution in [-0.2, 0) is 6.42 Å². The molecule has 0 heterocycles. The highest BCUT2D eigenvalue weighted by molar-refractivity contribution is 6.03. The van der Waals surface area contributed by atoms with Gasteiger partial charge in [0.1, 0.15) is 0 Å². The number of hydrogen-bond acceptors (Lipinski definition) is 2. The van der Waals surface area contributed by atoms with Gasteiger partial charge in [0.05, 0.1) is 11.1 Å². The first kappa shape index (κ1) is 22.8. The molecule has 0 radical (unpaired) electrons. The molecule has 1 aliphatic rings. The van der Waals surface area contributed by atoms with Crippen LogP contribution in [0.1, 0.15) is 83.2 Å². The topological polar surface area (TPSA) is 74.6 Å². The van der Waals surface area contributed by atoms with Crippen molar-refractivity contribution in [2.45, 2.75) is 57.8 Å². The first-order valence-electron chi connectivity index (χ1n) is 11.8. The molecule has 0 bridgehead atoms. The molecule has 0 amide bonds. The Morgan fingerprint density at radius 3 is 2.00 bits per heavy atom. The summed E-state index contributed by atoms with van der Waals surface area (Å²) in [6, 6.07) is 18.5. The van der Waals surface area contributed by atoms with Crippen molar-refractivity contribution in [2.75, 3.05) is 0 Å². The standard InChI is InChI=1S/C29H30O4/c1-2-3-10-19-17-25(20-11-4-5-12-20)27(22-14-7-9-16-24(22)29(32)33)26(18-19)21-13-6-8-15-23(21)28(30)31/h6-9,13-18,20H,2-5,10-12H2,1H3,(H,30,31)(H,32,33). The molecule has 4 nitrogen and oxygen atoms in total. The second kappa shape index (κ2) is 10.0. The Bertz CT molecular complexity index is 1170. The number of aryl methyl sites for hydroxylation is 1. The highest BCUT2D eigenvalue weighted by Gasteiger charge is 2.27. The average Bonchev–Trinajstić information content (AvgIpc) is 3.37. The highest BCUT2D eigenvalue weighted by Crippen LogP contribution is 2.46. The second-order valence-corrected chi connectivity index (χ2v) is 8.89. The molecule has 33 heavy (non-hydrogen) atoms. The number of carboxylic acids is 2. The summed E-state index contributed by atoms with van der Waals surface area (Å²) in [7, 11) is 0. The maximum absolute atomic E-state index is 12.2. The lowest BCUT2D eigenvalue weighted by Gasteiger charge is -2.23. The minimum atomic E-state index is -0.982. The molecule has 2 N–H and O–H groups in total. The van der Waals surface area contributed by atoms with Gasteiger partial charge in [-0.3, -0.25) is 0 Å². The number of carboxylic acid groups (broad SMARTS) is 2. The van der Waals surface area contributed by atoms with Gasteiger partial charge in [0, 0.05) is 0 Å². The van der Waals surface area contributed by atoms with Gasteiger partial charge >= 0.3 is 11.9 Å². The Morgan fingerprint density at radius 2 is 1.39 bits per heavy atom. The van der Waals surface area contributed by atoms with Crippen LogP contribution < -0.4 is 0 Å². The SMILES string of the molecule is CCCCc1cc(-c2ccccc2C(=O)O)c(-c2ccccc2C(=O)O)c(C2CCCC2)c1. The number of benzene rings is 3. The zero-order valence-electron chi connectivity index (χ0n) is 19.0. The third-order valence-corrected chi connectivity index (χ3v) is 6.72. The smallest absolute Gasteiger partial charge is 0.336 e. The number of rotatable bonds is 8. The van der Waals surface area contributed by atoms with Crippen molar-refractivity contribution in [1.82, 2.24) is 0 Å². The van der Waals surface area contributed by atoms with Crippen molar-refractivity contribution in [3.05, 3.63) is 82.9 Å². The van der Waals surface area contributed by atoms with E-state index in [1.807, 2.05) is 24.3 Å². The number of unbranched alkanes of at least 4 members (excludes halogenated alkanes) is 1. The fraction of sp³-hybridized carbons (Fsp3) is 0.310. The van der Waals surface area contributed by atoms with E-state index in [0.29, 0.717) is 17.0 Å². The summed E-state index contributed by atoms with van der Waals surface area (Å²) in [6.45, 7) is 2.16. The Hall–Kier alpha value is -3.40. The van der Waals surface area contributed by atoms with E-state index in [2.05, 4.69) is 19.1 Å². The summed E-state index contributed by atoms with van der Waals surface area (Å²) >= 11 is 0. The predicted molar refractivity (Wildman–Crippen MR) is 131 cm³/mol. The van der Waals surface area contributed by atoms with E-state index in [4.69, 9.17) is 0 Å². The molecular weight excluding hydrogens is 412 g/mol. The maximum Gasteiger partial charge on any atom is 0.336 e. The zero-order chi connectivity index (χ0) is 23.4. The van der Waals surface area contributed by atoms with Crippen molar-refractivity contribution in [1.29, 1.82) is 0 Å². The molecule has 4 rings (SSSR count). The first-order valence-corrected chi connectivity index (χ1v) is 11.8. The lowest BCUT2D eigenvalue weighted by molar-refractivity contribution is 0.0686. The van der Waals surface area contributed by atoms with Crippen molar-refractivity contribution < 1.29 is 19.8 Å². The largest absolute Gasteiger partial charge is 0.478 e. The van der Waals surface area contributed by atoms with Gasteiger partial charge < -0.3 is 10.2 Å². The van der Waals surface area contributed by atoms with E-state index >= 15 is 0 Å². The molecule has 1 aliphatic carbocycles. The molecule has 0 atom stereocenters.